The molecule has 106 valence electrons. The zero-order valence-corrected chi connectivity index (χ0v) is 12.3. The molecular weight excluding hydrogens is 282 g/mol. The number of fused-ring (bicyclic) bond motifs is 1. The van der Waals surface area contributed by atoms with Gasteiger partial charge in [-0.25, -0.2) is 0 Å². The van der Waals surface area contributed by atoms with Crippen LogP contribution >= 0.6 is 11.3 Å². The van der Waals surface area contributed by atoms with Crippen LogP contribution in [-0.4, -0.2) is 27.0 Å². The van der Waals surface area contributed by atoms with Crippen LogP contribution in [0.5, 0.6) is 0 Å². The minimum absolute atomic E-state index is 0.0309. The standard InChI is InChI=1S/C16H15N3OS/c20-16(15-13-5-1-2-6-14(13)17-18-15)19(11-7-8-11)10-12-4-3-9-21-12/h1-6,9,11H,7-8,10H2,(H,17,18). The Kier molecular flexibility index (Phi) is 3.00. The van der Waals surface area contributed by atoms with Crippen LogP contribution in [0.3, 0.4) is 0 Å². The van der Waals surface area contributed by atoms with Gasteiger partial charge in [-0.15, -0.1) is 11.3 Å². The highest BCUT2D eigenvalue weighted by Gasteiger charge is 2.34. The molecule has 1 aromatic carbocycles. The first-order valence-electron chi connectivity index (χ1n) is 7.09. The maximum Gasteiger partial charge on any atom is 0.275 e. The third kappa shape index (κ3) is 2.34. The van der Waals surface area contributed by atoms with E-state index in [-0.39, 0.29) is 5.91 Å². The first-order valence-corrected chi connectivity index (χ1v) is 7.97. The molecule has 5 heteroatoms. The smallest absolute Gasteiger partial charge is 0.275 e. The molecular formula is C16H15N3OS. The van der Waals surface area contributed by atoms with Crippen molar-refractivity contribution in [3.63, 3.8) is 0 Å². The number of hydrogen-bond acceptors (Lipinski definition) is 3. The third-order valence-corrected chi connectivity index (χ3v) is 4.69. The molecule has 1 N–H and O–H groups in total. The average molecular weight is 297 g/mol. The van der Waals surface area contributed by atoms with E-state index in [0.717, 1.165) is 23.7 Å². The summed E-state index contributed by atoms with van der Waals surface area (Å²) in [6.07, 6.45) is 2.19. The predicted molar refractivity (Wildman–Crippen MR) is 83.3 cm³/mol. The fraction of sp³-hybridized carbons (Fsp3) is 0.250. The highest BCUT2D eigenvalue weighted by molar-refractivity contribution is 7.09. The summed E-state index contributed by atoms with van der Waals surface area (Å²) in [5.74, 6) is 0.0309. The lowest BCUT2D eigenvalue weighted by atomic mass is 10.2. The van der Waals surface area contributed by atoms with Crippen LogP contribution in [0, 0.1) is 0 Å². The molecule has 0 radical (unpaired) electrons. The number of nitrogens with zero attached hydrogens (tertiary/aromatic N) is 2. The van der Waals surface area contributed by atoms with E-state index in [4.69, 9.17) is 0 Å². The number of H-pyrrole nitrogens is 1. The van der Waals surface area contributed by atoms with Gasteiger partial charge in [0.15, 0.2) is 5.69 Å². The van der Waals surface area contributed by atoms with Crippen molar-refractivity contribution in [1.82, 2.24) is 15.1 Å². The fourth-order valence-electron chi connectivity index (χ4n) is 2.59. The minimum atomic E-state index is 0.0309. The molecule has 0 atom stereocenters. The van der Waals surface area contributed by atoms with Gasteiger partial charge >= 0.3 is 0 Å². The van der Waals surface area contributed by atoms with Gasteiger partial charge in [-0.2, -0.15) is 5.10 Å². The van der Waals surface area contributed by atoms with E-state index in [1.807, 2.05) is 35.2 Å². The van der Waals surface area contributed by atoms with E-state index < -0.39 is 0 Å². The molecule has 3 aromatic rings. The molecule has 0 spiro atoms. The second-order valence-electron chi connectivity index (χ2n) is 5.36. The van der Waals surface area contributed by atoms with E-state index in [2.05, 4.69) is 21.6 Å². The summed E-state index contributed by atoms with van der Waals surface area (Å²) in [7, 11) is 0. The van der Waals surface area contributed by atoms with Crippen molar-refractivity contribution in [3.05, 3.63) is 52.3 Å². The monoisotopic (exact) mass is 297 g/mol. The van der Waals surface area contributed by atoms with Crippen LogP contribution in [0.4, 0.5) is 0 Å². The Morgan fingerprint density at radius 3 is 2.90 bits per heavy atom. The quantitative estimate of drug-likeness (QED) is 0.802. The highest BCUT2D eigenvalue weighted by Crippen LogP contribution is 2.31. The molecule has 2 aromatic heterocycles. The molecule has 1 aliphatic rings. The van der Waals surface area contributed by atoms with Crippen molar-refractivity contribution >= 4 is 28.1 Å². The molecule has 1 aliphatic carbocycles. The van der Waals surface area contributed by atoms with Crippen LogP contribution in [-0.2, 0) is 6.54 Å². The summed E-state index contributed by atoms with van der Waals surface area (Å²) in [5.41, 5.74) is 1.45. The van der Waals surface area contributed by atoms with Gasteiger partial charge in [0, 0.05) is 16.3 Å². The Morgan fingerprint density at radius 2 is 2.14 bits per heavy atom. The second kappa shape index (κ2) is 5.00. The highest BCUT2D eigenvalue weighted by atomic mass is 32.1. The summed E-state index contributed by atoms with van der Waals surface area (Å²) >= 11 is 1.69. The number of hydrogen-bond donors (Lipinski definition) is 1. The average Bonchev–Trinajstić information content (AvgIpc) is 3.05. The molecule has 4 rings (SSSR count). The number of rotatable bonds is 4. The Morgan fingerprint density at radius 1 is 1.29 bits per heavy atom. The number of para-hydroxylation sites is 1. The van der Waals surface area contributed by atoms with Crippen molar-refractivity contribution < 1.29 is 4.79 Å². The topological polar surface area (TPSA) is 49.0 Å². The first kappa shape index (κ1) is 12.6. The molecule has 1 amide bonds. The molecule has 0 aliphatic heterocycles. The Hall–Kier alpha value is -2.14. The van der Waals surface area contributed by atoms with Crippen LogP contribution < -0.4 is 0 Å². The van der Waals surface area contributed by atoms with E-state index in [9.17, 15) is 4.79 Å². The molecule has 0 saturated heterocycles. The Labute approximate surface area is 126 Å². The summed E-state index contributed by atoms with van der Waals surface area (Å²) in [5, 5.41) is 10.1. The van der Waals surface area contributed by atoms with Crippen LogP contribution in [0.1, 0.15) is 28.2 Å². The van der Waals surface area contributed by atoms with E-state index in [1.54, 1.807) is 11.3 Å². The van der Waals surface area contributed by atoms with Gasteiger partial charge in [0.25, 0.3) is 5.91 Å². The number of carbonyl (C=O) groups is 1. The van der Waals surface area contributed by atoms with Gasteiger partial charge in [0.2, 0.25) is 0 Å². The summed E-state index contributed by atoms with van der Waals surface area (Å²) in [6, 6.07) is 12.3. The minimum Gasteiger partial charge on any atom is -0.329 e. The SMILES string of the molecule is O=C(c1n[nH]c2ccccc12)N(Cc1cccs1)C1CC1. The molecule has 0 bridgehead atoms. The lowest BCUT2D eigenvalue weighted by Gasteiger charge is -2.20. The number of nitrogens with one attached hydrogen (secondary N) is 1. The lowest BCUT2D eigenvalue weighted by molar-refractivity contribution is 0.0727. The molecule has 4 nitrogen and oxygen atoms in total. The van der Waals surface area contributed by atoms with Gasteiger partial charge in [-0.3, -0.25) is 9.89 Å². The number of carbonyl (C=O) groups excluding carboxylic acids is 1. The van der Waals surface area contributed by atoms with Gasteiger partial charge in [0.05, 0.1) is 12.1 Å². The number of aromatic nitrogens is 2. The zero-order valence-electron chi connectivity index (χ0n) is 11.5. The summed E-state index contributed by atoms with van der Waals surface area (Å²) in [6.45, 7) is 0.683. The zero-order chi connectivity index (χ0) is 14.2. The van der Waals surface area contributed by atoms with Crippen molar-refractivity contribution in [3.8, 4) is 0 Å². The third-order valence-electron chi connectivity index (χ3n) is 3.83. The van der Waals surface area contributed by atoms with Crippen LogP contribution in [0.15, 0.2) is 41.8 Å². The van der Waals surface area contributed by atoms with Gasteiger partial charge < -0.3 is 4.90 Å². The normalized spacial score (nSPS) is 14.5. The van der Waals surface area contributed by atoms with Gasteiger partial charge in [-0.05, 0) is 30.4 Å². The first-order chi connectivity index (χ1) is 10.3. The molecule has 21 heavy (non-hydrogen) atoms. The van der Waals surface area contributed by atoms with Gasteiger partial charge in [-0.1, -0.05) is 24.3 Å². The van der Waals surface area contributed by atoms with Crippen molar-refractivity contribution in [2.24, 2.45) is 0 Å². The van der Waals surface area contributed by atoms with Crippen LogP contribution in [0.25, 0.3) is 10.9 Å². The van der Waals surface area contributed by atoms with Crippen molar-refractivity contribution in [2.45, 2.75) is 25.4 Å². The number of thiophene rings is 1. The van der Waals surface area contributed by atoms with Crippen molar-refractivity contribution in [2.75, 3.05) is 0 Å². The maximum atomic E-state index is 12.9. The predicted octanol–water partition coefficient (Wildman–Crippen LogP) is 3.43. The second-order valence-corrected chi connectivity index (χ2v) is 6.39. The molecule has 1 fully saturated rings. The van der Waals surface area contributed by atoms with E-state index in [0.29, 0.717) is 18.3 Å². The summed E-state index contributed by atoms with van der Waals surface area (Å²) < 4.78 is 0. The maximum absolute atomic E-state index is 12.9. The summed E-state index contributed by atoms with van der Waals surface area (Å²) in [4.78, 5) is 16.1. The molecule has 1 saturated carbocycles. The number of aromatic amines is 1. The molecule has 2 heterocycles. The Balaban J connectivity index is 1.67. The largest absolute Gasteiger partial charge is 0.329 e. The number of amides is 1. The van der Waals surface area contributed by atoms with Crippen molar-refractivity contribution in [1.29, 1.82) is 0 Å². The van der Waals surface area contributed by atoms with E-state index in [1.165, 1.54) is 4.88 Å². The van der Waals surface area contributed by atoms with Crippen LogP contribution in [0.2, 0.25) is 0 Å². The molecule has 0 unspecified atom stereocenters. The fourth-order valence-corrected chi connectivity index (χ4v) is 3.29. The van der Waals surface area contributed by atoms with E-state index >= 15 is 0 Å². The lowest BCUT2D eigenvalue weighted by Crippen LogP contribution is -2.32. The number of benzene rings is 1. The van der Waals surface area contributed by atoms with Gasteiger partial charge in [0.1, 0.15) is 0 Å². The Bertz CT molecular complexity index is 774.